The molecule has 0 fully saturated rings. The number of methoxy groups -OCH3 is 2. The summed E-state index contributed by atoms with van der Waals surface area (Å²) in [5, 5.41) is 18.6. The van der Waals surface area contributed by atoms with Crippen LogP contribution < -0.4 is 26.4 Å². The van der Waals surface area contributed by atoms with E-state index in [9.17, 15) is 24.3 Å². The number of fused-ring (bicyclic) bond motifs is 2. The lowest BCUT2D eigenvalue weighted by Crippen LogP contribution is -2.50. The van der Waals surface area contributed by atoms with E-state index in [2.05, 4.69) is 16.0 Å². The molecule has 1 aliphatic heterocycles. The Morgan fingerprint density at radius 2 is 1.91 bits per heavy atom. The van der Waals surface area contributed by atoms with Gasteiger partial charge in [0.2, 0.25) is 17.7 Å². The summed E-state index contributed by atoms with van der Waals surface area (Å²) >= 11 is 0. The first-order valence-corrected chi connectivity index (χ1v) is 15.0. The molecule has 4 amide bonds. The van der Waals surface area contributed by atoms with Gasteiger partial charge in [-0.15, -0.1) is 0 Å². The molecular weight excluding hydrogens is 598 g/mol. The van der Waals surface area contributed by atoms with Gasteiger partial charge in [-0.3, -0.25) is 14.4 Å². The minimum Gasteiger partial charge on any atom is -0.501 e. The number of ether oxygens (including phenoxy) is 4. The van der Waals surface area contributed by atoms with Crippen molar-refractivity contribution in [2.24, 2.45) is 11.7 Å². The molecule has 2 bridgehead atoms. The topological polar surface area (TPSA) is 191 Å². The van der Waals surface area contributed by atoms with Crippen LogP contribution in [0.15, 0.2) is 35.6 Å². The number of benzene rings is 1. The van der Waals surface area contributed by atoms with Crippen molar-refractivity contribution in [3.8, 4) is 5.75 Å². The van der Waals surface area contributed by atoms with Crippen LogP contribution in [0.25, 0.3) is 5.57 Å². The van der Waals surface area contributed by atoms with E-state index in [1.807, 2.05) is 6.07 Å². The van der Waals surface area contributed by atoms with Crippen LogP contribution in [0.5, 0.6) is 5.75 Å². The zero-order chi connectivity index (χ0) is 34.6. The molecule has 0 aromatic heterocycles. The lowest BCUT2D eigenvalue weighted by Gasteiger charge is -2.27. The van der Waals surface area contributed by atoms with E-state index in [1.165, 1.54) is 19.1 Å². The molecule has 6 N–H and O–H groups in total. The molecule has 14 nitrogen and oxygen atoms in total. The minimum atomic E-state index is -1.34. The Kier molecular flexibility index (Phi) is 14.5. The SMILES string of the molecule is CO/C(C)=C1/C=C(C)[C@H](CN(C)C(=O)CN)C(=O)NCC(=O)N[C@H](C(O)OC)Cc2ccc(OCCNC(=O)OC(C)(C)C)c1c2. The number of nitrogens with zero attached hydrogens (tertiary/aromatic N) is 1. The van der Waals surface area contributed by atoms with Gasteiger partial charge in [-0.25, -0.2) is 4.79 Å². The van der Waals surface area contributed by atoms with Crippen molar-refractivity contribution in [3.63, 3.8) is 0 Å². The summed E-state index contributed by atoms with van der Waals surface area (Å²) in [5.41, 5.74) is 7.39. The molecule has 14 heteroatoms. The first-order chi connectivity index (χ1) is 21.6. The maximum atomic E-state index is 13.5. The number of aliphatic hydroxyl groups is 1. The van der Waals surface area contributed by atoms with Gasteiger partial charge >= 0.3 is 6.09 Å². The third kappa shape index (κ3) is 11.7. The Morgan fingerprint density at radius 3 is 2.52 bits per heavy atom. The first kappa shape index (κ1) is 38.0. The molecule has 0 radical (unpaired) electrons. The number of carbonyl (C=O) groups excluding carboxylic acids is 4. The summed E-state index contributed by atoms with van der Waals surface area (Å²) in [4.78, 5) is 52.1. The molecule has 1 aliphatic rings. The van der Waals surface area contributed by atoms with Crippen molar-refractivity contribution in [2.75, 3.05) is 54.1 Å². The molecular formula is C32H49N5O9. The Labute approximate surface area is 270 Å². The van der Waals surface area contributed by atoms with E-state index in [0.29, 0.717) is 28.2 Å². The third-order valence-corrected chi connectivity index (χ3v) is 7.15. The summed E-state index contributed by atoms with van der Waals surface area (Å²) in [6, 6.07) is 4.52. The predicted molar refractivity (Wildman–Crippen MR) is 171 cm³/mol. The van der Waals surface area contributed by atoms with E-state index in [1.54, 1.807) is 59.9 Å². The van der Waals surface area contributed by atoms with Gasteiger partial charge in [0.1, 0.15) is 23.7 Å². The molecule has 0 saturated heterocycles. The van der Waals surface area contributed by atoms with Crippen molar-refractivity contribution in [1.82, 2.24) is 20.9 Å². The predicted octanol–water partition coefficient (Wildman–Crippen LogP) is 1.07. The van der Waals surface area contributed by atoms with Crippen LogP contribution in [0.3, 0.4) is 0 Å². The van der Waals surface area contributed by atoms with E-state index >= 15 is 0 Å². The van der Waals surface area contributed by atoms with Gasteiger partial charge < -0.3 is 50.6 Å². The second-order valence-electron chi connectivity index (χ2n) is 11.9. The van der Waals surface area contributed by atoms with Gasteiger partial charge in [0.15, 0.2) is 6.29 Å². The fourth-order valence-corrected chi connectivity index (χ4v) is 4.63. The molecule has 0 saturated carbocycles. The monoisotopic (exact) mass is 647 g/mol. The highest BCUT2D eigenvalue weighted by molar-refractivity contribution is 5.89. The number of nitrogens with one attached hydrogen (secondary N) is 3. The minimum absolute atomic E-state index is 0.00409. The fourth-order valence-electron chi connectivity index (χ4n) is 4.63. The lowest BCUT2D eigenvalue weighted by atomic mass is 9.91. The van der Waals surface area contributed by atoms with Crippen molar-refractivity contribution in [2.45, 2.75) is 59.0 Å². The number of amides is 4. The van der Waals surface area contributed by atoms with Crippen molar-refractivity contribution in [1.29, 1.82) is 0 Å². The second kappa shape index (κ2) is 17.5. The fraction of sp³-hybridized carbons (Fsp3) is 0.562. The van der Waals surface area contributed by atoms with Gasteiger partial charge in [-0.05, 0) is 58.7 Å². The normalized spacial score (nSPS) is 19.4. The number of allylic oxidation sites excluding steroid dienone is 3. The Balaban J connectivity index is 2.64. The number of rotatable bonds is 10. The van der Waals surface area contributed by atoms with Crippen LogP contribution in [0.4, 0.5) is 4.79 Å². The molecule has 2 rings (SSSR count). The zero-order valence-electron chi connectivity index (χ0n) is 28.0. The molecule has 3 atom stereocenters. The van der Waals surface area contributed by atoms with Crippen LogP contribution in [0.1, 0.15) is 45.7 Å². The number of nitrogens with two attached hydrogens (primary N) is 1. The third-order valence-electron chi connectivity index (χ3n) is 7.15. The Morgan fingerprint density at radius 1 is 1.22 bits per heavy atom. The van der Waals surface area contributed by atoms with Gasteiger partial charge in [0, 0.05) is 31.8 Å². The smallest absolute Gasteiger partial charge is 0.407 e. The standard InChI is InChI=1S/C32H49N5O9/c1-19-13-22(20(2)43-7)23-14-21(9-10-26(23)45-12-11-34-31(42)46-32(3,4)5)15-25(30(41)44-8)36-27(38)17-35-29(40)24(19)18-37(6)28(39)16-33/h9-10,13-14,24-25,30,41H,11-12,15-18,33H2,1-8H3,(H,34,42)(H,35,40)(H,36,38)/b19-13?,22-20-/t24-,25-,30?/m0/s1. The number of alkyl carbamates (subject to hydrolysis) is 1. The molecule has 1 heterocycles. The second-order valence-corrected chi connectivity index (χ2v) is 11.9. The van der Waals surface area contributed by atoms with Crippen LogP contribution in [-0.2, 0) is 35.0 Å². The molecule has 46 heavy (non-hydrogen) atoms. The number of likely N-dealkylation sites (N-methyl/N-ethyl adjacent to an activating group) is 1. The molecule has 1 aromatic carbocycles. The van der Waals surface area contributed by atoms with E-state index in [4.69, 9.17) is 24.7 Å². The van der Waals surface area contributed by atoms with E-state index in [0.717, 1.165) is 5.56 Å². The largest absolute Gasteiger partial charge is 0.501 e. The first-order valence-electron chi connectivity index (χ1n) is 15.0. The zero-order valence-corrected chi connectivity index (χ0v) is 28.0. The highest BCUT2D eigenvalue weighted by Crippen LogP contribution is 2.33. The van der Waals surface area contributed by atoms with Crippen LogP contribution in [0, 0.1) is 5.92 Å². The van der Waals surface area contributed by atoms with Crippen LogP contribution >= 0.6 is 0 Å². The maximum Gasteiger partial charge on any atom is 0.407 e. The summed E-state index contributed by atoms with van der Waals surface area (Å²) in [5.74, 6) is -1.29. The number of hydrogen-bond acceptors (Lipinski definition) is 10. The van der Waals surface area contributed by atoms with Gasteiger partial charge in [-0.1, -0.05) is 17.7 Å². The lowest BCUT2D eigenvalue weighted by molar-refractivity contribution is -0.133. The maximum absolute atomic E-state index is 13.5. The quantitative estimate of drug-likeness (QED) is 0.140. The molecule has 0 aliphatic carbocycles. The van der Waals surface area contributed by atoms with Crippen molar-refractivity contribution < 1.29 is 43.2 Å². The average Bonchev–Trinajstić information content (AvgIpc) is 3.00. The number of aliphatic hydroxyl groups excluding tert-OH is 1. The highest BCUT2D eigenvalue weighted by atomic mass is 16.6. The van der Waals surface area contributed by atoms with Gasteiger partial charge in [0.25, 0.3) is 0 Å². The van der Waals surface area contributed by atoms with Crippen LogP contribution in [-0.4, -0.2) is 106 Å². The summed E-state index contributed by atoms with van der Waals surface area (Å²) in [6.07, 6.45) is 0.0445. The van der Waals surface area contributed by atoms with Gasteiger partial charge in [-0.2, -0.15) is 0 Å². The highest BCUT2D eigenvalue weighted by Gasteiger charge is 2.28. The summed E-state index contributed by atoms with van der Waals surface area (Å²) < 4.78 is 22.2. The molecule has 256 valence electrons. The van der Waals surface area contributed by atoms with E-state index in [-0.39, 0.29) is 45.1 Å². The van der Waals surface area contributed by atoms with E-state index < -0.39 is 41.8 Å². The number of carbonyl (C=O) groups is 4. The number of hydrogen-bond donors (Lipinski definition) is 5. The molecule has 0 spiro atoms. The summed E-state index contributed by atoms with van der Waals surface area (Å²) in [7, 11) is 4.38. The Bertz CT molecular complexity index is 1310. The van der Waals surface area contributed by atoms with Gasteiger partial charge in [0.05, 0.1) is 38.7 Å². The van der Waals surface area contributed by atoms with Crippen molar-refractivity contribution >= 4 is 29.4 Å². The average molecular weight is 648 g/mol. The molecule has 1 unspecified atom stereocenters. The van der Waals surface area contributed by atoms with Crippen molar-refractivity contribution in [3.05, 3.63) is 46.7 Å². The van der Waals surface area contributed by atoms with Crippen LogP contribution in [0.2, 0.25) is 0 Å². The Hall–Kier alpha value is -4.14. The molecule has 1 aromatic rings. The summed E-state index contributed by atoms with van der Waals surface area (Å²) in [6.45, 7) is 8.48.